The molecular formula is C21H13FI2NO9S2-. The van der Waals surface area contributed by atoms with Crippen molar-refractivity contribution in [1.82, 2.24) is 4.72 Å². The van der Waals surface area contributed by atoms with Gasteiger partial charge in [0.15, 0.2) is 6.61 Å². The lowest BCUT2D eigenvalue weighted by molar-refractivity contribution is -0.136. The number of carbonyl (C=O) groups excluding carboxylic acids is 2. The molecule has 15 heteroatoms. The number of nitrogens with one attached hydrogen (secondary N) is 1. The molecule has 0 atom stereocenters. The van der Waals surface area contributed by atoms with Gasteiger partial charge in [-0.3, -0.25) is 4.79 Å². The van der Waals surface area contributed by atoms with Crippen LogP contribution in [0.2, 0.25) is 0 Å². The van der Waals surface area contributed by atoms with Crippen LogP contribution >= 0.6 is 45.2 Å². The van der Waals surface area contributed by atoms with Crippen molar-refractivity contribution in [2.75, 3.05) is 6.61 Å². The largest absolute Gasteiger partial charge is 0.744 e. The van der Waals surface area contributed by atoms with E-state index < -0.39 is 44.4 Å². The highest BCUT2D eigenvalue weighted by Crippen LogP contribution is 2.29. The number of halogens is 3. The summed E-state index contributed by atoms with van der Waals surface area (Å²) in [6.07, 6.45) is 0. The van der Waals surface area contributed by atoms with E-state index >= 15 is 0 Å². The third kappa shape index (κ3) is 7.34. The molecule has 1 N–H and O–H groups in total. The molecular weight excluding hydrogens is 747 g/mol. The topological polar surface area (TPSA) is 156 Å². The lowest BCUT2D eigenvalue weighted by Crippen LogP contribution is -2.30. The molecule has 190 valence electrons. The molecule has 0 unspecified atom stereocenters. The summed E-state index contributed by atoms with van der Waals surface area (Å²) in [5, 5.41) is 0. The maximum absolute atomic E-state index is 13.0. The van der Waals surface area contributed by atoms with E-state index in [9.17, 15) is 35.4 Å². The average Bonchev–Trinajstić information content (AvgIpc) is 2.77. The number of hydrogen-bond donors (Lipinski definition) is 1. The van der Waals surface area contributed by atoms with Crippen molar-refractivity contribution in [2.45, 2.75) is 9.79 Å². The maximum Gasteiger partial charge on any atom is 0.349 e. The van der Waals surface area contributed by atoms with Crippen molar-refractivity contribution in [1.29, 1.82) is 0 Å². The van der Waals surface area contributed by atoms with Crippen LogP contribution in [0.1, 0.15) is 10.4 Å². The Bertz CT molecular complexity index is 1500. The highest BCUT2D eigenvalue weighted by Gasteiger charge is 2.19. The third-order valence-electron chi connectivity index (χ3n) is 4.28. The molecule has 36 heavy (non-hydrogen) atoms. The Labute approximate surface area is 232 Å². The van der Waals surface area contributed by atoms with Gasteiger partial charge in [-0.05, 0) is 106 Å². The molecule has 0 aromatic heterocycles. The maximum atomic E-state index is 13.0. The first-order valence-corrected chi connectivity index (χ1v) is 14.5. The SMILES string of the molecule is O=C(COc1cc(I)c(S(=O)(=O)[O-])c(I)c1)Oc1ccc(C(=O)NS(=O)(=O)c2ccc(F)cc2)cc1. The smallest absolute Gasteiger partial charge is 0.349 e. The van der Waals surface area contributed by atoms with E-state index in [1.807, 2.05) is 4.72 Å². The van der Waals surface area contributed by atoms with Crippen LogP contribution in [0.3, 0.4) is 0 Å². The number of esters is 1. The molecule has 1 amide bonds. The van der Waals surface area contributed by atoms with Gasteiger partial charge in [-0.15, -0.1) is 0 Å². The Morgan fingerprint density at radius 3 is 1.97 bits per heavy atom. The van der Waals surface area contributed by atoms with Crippen LogP contribution in [0.15, 0.2) is 70.5 Å². The predicted octanol–water partition coefficient (Wildman–Crippen LogP) is 3.04. The fraction of sp³-hybridized carbons (Fsp3) is 0.0476. The summed E-state index contributed by atoms with van der Waals surface area (Å²) < 4.78 is 84.0. The first-order chi connectivity index (χ1) is 16.8. The summed E-state index contributed by atoms with van der Waals surface area (Å²) >= 11 is 3.34. The molecule has 0 radical (unpaired) electrons. The van der Waals surface area contributed by atoms with Crippen LogP contribution in [-0.4, -0.2) is 39.9 Å². The van der Waals surface area contributed by atoms with Crippen LogP contribution in [0.25, 0.3) is 0 Å². The summed E-state index contributed by atoms with van der Waals surface area (Å²) in [6, 6.07) is 11.5. The molecule has 0 fully saturated rings. The predicted molar refractivity (Wildman–Crippen MR) is 138 cm³/mol. The number of carbonyl (C=O) groups is 2. The number of sulfonamides is 1. The van der Waals surface area contributed by atoms with Crippen molar-refractivity contribution in [3.05, 3.63) is 79.2 Å². The number of amides is 1. The normalized spacial score (nSPS) is 11.6. The minimum Gasteiger partial charge on any atom is -0.744 e. The fourth-order valence-corrected chi connectivity index (χ4v) is 7.59. The molecule has 0 aliphatic rings. The van der Waals surface area contributed by atoms with Crippen LogP contribution in [-0.2, 0) is 24.9 Å². The second-order valence-electron chi connectivity index (χ2n) is 6.85. The van der Waals surface area contributed by atoms with Gasteiger partial charge in [-0.1, -0.05) is 0 Å². The second kappa shape index (κ2) is 11.4. The van der Waals surface area contributed by atoms with Crippen LogP contribution < -0.4 is 14.2 Å². The molecule has 10 nitrogen and oxygen atoms in total. The Hall–Kier alpha value is -2.35. The zero-order valence-electron chi connectivity index (χ0n) is 17.6. The fourth-order valence-electron chi connectivity index (χ4n) is 2.69. The van der Waals surface area contributed by atoms with Gasteiger partial charge in [-0.25, -0.2) is 30.7 Å². The van der Waals surface area contributed by atoms with Gasteiger partial charge in [0.1, 0.15) is 27.4 Å². The van der Waals surface area contributed by atoms with Crippen molar-refractivity contribution in [3.63, 3.8) is 0 Å². The number of benzene rings is 3. The van der Waals surface area contributed by atoms with Gasteiger partial charge < -0.3 is 14.0 Å². The molecule has 0 aliphatic heterocycles. The van der Waals surface area contributed by atoms with E-state index in [1.54, 1.807) is 45.2 Å². The molecule has 3 aromatic carbocycles. The van der Waals surface area contributed by atoms with Crippen molar-refractivity contribution in [3.8, 4) is 11.5 Å². The molecule has 3 aromatic rings. The first kappa shape index (κ1) is 28.2. The third-order valence-corrected chi connectivity index (χ3v) is 9.00. The summed E-state index contributed by atoms with van der Waals surface area (Å²) in [5.41, 5.74) is -0.0469. The minimum absolute atomic E-state index is 0.0403. The summed E-state index contributed by atoms with van der Waals surface area (Å²) in [7, 11) is -8.90. The molecule has 0 aliphatic carbocycles. The Morgan fingerprint density at radius 1 is 0.889 bits per heavy atom. The zero-order chi connectivity index (χ0) is 26.7. The van der Waals surface area contributed by atoms with E-state index in [0.29, 0.717) is 0 Å². The van der Waals surface area contributed by atoms with E-state index in [1.165, 1.54) is 36.4 Å². The van der Waals surface area contributed by atoms with Gasteiger partial charge in [0, 0.05) is 12.7 Å². The first-order valence-electron chi connectivity index (χ1n) is 9.47. The summed E-state index contributed by atoms with van der Waals surface area (Å²) in [6.45, 7) is -0.548. The Kier molecular flexibility index (Phi) is 8.91. The van der Waals surface area contributed by atoms with Gasteiger partial charge >= 0.3 is 5.97 Å². The average molecular weight is 760 g/mol. The summed E-state index contributed by atoms with van der Waals surface area (Å²) in [5.74, 6) is -2.22. The van der Waals surface area contributed by atoms with Gasteiger partial charge in [0.05, 0.1) is 9.79 Å². The van der Waals surface area contributed by atoms with E-state index in [0.717, 1.165) is 24.3 Å². The number of ether oxygens (including phenoxy) is 2. The highest BCUT2D eigenvalue weighted by atomic mass is 127. The number of hydrogen-bond acceptors (Lipinski definition) is 9. The zero-order valence-corrected chi connectivity index (χ0v) is 23.6. The monoisotopic (exact) mass is 760 g/mol. The van der Waals surface area contributed by atoms with Gasteiger partial charge in [0.25, 0.3) is 15.9 Å². The number of rotatable bonds is 8. The molecule has 0 heterocycles. The van der Waals surface area contributed by atoms with Crippen LogP contribution in [0.5, 0.6) is 11.5 Å². The van der Waals surface area contributed by atoms with E-state index in [4.69, 9.17) is 9.47 Å². The molecule has 0 bridgehead atoms. The Balaban J connectivity index is 1.59. The van der Waals surface area contributed by atoms with Gasteiger partial charge in [0.2, 0.25) is 0 Å². The van der Waals surface area contributed by atoms with Crippen molar-refractivity contribution in [2.24, 2.45) is 0 Å². The van der Waals surface area contributed by atoms with Crippen molar-refractivity contribution < 1.29 is 44.8 Å². The van der Waals surface area contributed by atoms with Crippen molar-refractivity contribution >= 4 is 77.2 Å². The van der Waals surface area contributed by atoms with E-state index in [-0.39, 0.29) is 34.0 Å². The van der Waals surface area contributed by atoms with Crippen LogP contribution in [0, 0.1) is 13.0 Å². The van der Waals surface area contributed by atoms with Gasteiger partial charge in [-0.2, -0.15) is 0 Å². The lowest BCUT2D eigenvalue weighted by Gasteiger charge is -2.14. The molecule has 0 saturated carbocycles. The Morgan fingerprint density at radius 2 is 1.44 bits per heavy atom. The lowest BCUT2D eigenvalue weighted by atomic mass is 10.2. The standard InChI is InChI=1S/C21H14FI2NO9S2/c22-13-3-7-16(8-4-13)35(28,29)25-21(27)12-1-5-14(6-2-12)34-19(26)11-33-15-9-17(23)20(18(24)10-15)36(30,31)32/h1-10H,11H2,(H,25,27)(H,30,31,32)/p-1. The summed E-state index contributed by atoms with van der Waals surface area (Å²) in [4.78, 5) is 23.7. The quantitative estimate of drug-likeness (QED) is 0.158. The second-order valence-corrected chi connectivity index (χ2v) is 12.2. The highest BCUT2D eigenvalue weighted by molar-refractivity contribution is 14.1. The molecule has 0 spiro atoms. The van der Waals surface area contributed by atoms with Crippen LogP contribution in [0.4, 0.5) is 4.39 Å². The molecule has 0 saturated heterocycles. The minimum atomic E-state index is -4.68. The molecule has 3 rings (SSSR count). The van der Waals surface area contributed by atoms with E-state index in [2.05, 4.69) is 0 Å².